The molecule has 1 heterocycles. The average molecular weight is 265 g/mol. The van der Waals surface area contributed by atoms with Gasteiger partial charge in [0.2, 0.25) is 10.0 Å². The standard InChI is InChI=1S/C12H15N3O2S/c1-10(2)18(16,17)14-11-5-3-6-12(9-11)15-8-4-7-13-15/h3-10,14H,1-2H3. The highest BCUT2D eigenvalue weighted by Crippen LogP contribution is 2.16. The number of rotatable bonds is 4. The molecule has 0 saturated carbocycles. The highest BCUT2D eigenvalue weighted by molar-refractivity contribution is 7.93. The minimum Gasteiger partial charge on any atom is -0.283 e. The number of hydrogen-bond acceptors (Lipinski definition) is 3. The van der Waals surface area contributed by atoms with Crippen molar-refractivity contribution in [2.45, 2.75) is 19.1 Å². The molecule has 6 heteroatoms. The third kappa shape index (κ3) is 2.70. The van der Waals surface area contributed by atoms with Gasteiger partial charge < -0.3 is 0 Å². The number of sulfonamides is 1. The zero-order chi connectivity index (χ0) is 13.2. The summed E-state index contributed by atoms with van der Waals surface area (Å²) in [6.45, 7) is 3.28. The fourth-order valence-electron chi connectivity index (χ4n) is 1.42. The molecule has 5 nitrogen and oxygen atoms in total. The number of benzene rings is 1. The van der Waals surface area contributed by atoms with E-state index in [1.807, 2.05) is 12.1 Å². The first-order valence-corrected chi connectivity index (χ1v) is 7.15. The van der Waals surface area contributed by atoms with Crippen molar-refractivity contribution in [1.82, 2.24) is 9.78 Å². The molecule has 0 atom stereocenters. The summed E-state index contributed by atoms with van der Waals surface area (Å²) in [5, 5.41) is 3.63. The maximum Gasteiger partial charge on any atom is 0.235 e. The number of nitrogens with one attached hydrogen (secondary N) is 1. The Kier molecular flexibility index (Phi) is 3.38. The van der Waals surface area contributed by atoms with Crippen molar-refractivity contribution in [3.8, 4) is 5.69 Å². The van der Waals surface area contributed by atoms with Crippen molar-refractivity contribution in [1.29, 1.82) is 0 Å². The lowest BCUT2D eigenvalue weighted by Gasteiger charge is -2.11. The van der Waals surface area contributed by atoms with Gasteiger partial charge in [-0.1, -0.05) is 6.07 Å². The zero-order valence-corrected chi connectivity index (χ0v) is 11.1. The molecule has 0 fully saturated rings. The number of aromatic nitrogens is 2. The first-order valence-electron chi connectivity index (χ1n) is 5.61. The molecule has 1 aromatic carbocycles. The molecule has 1 aromatic heterocycles. The van der Waals surface area contributed by atoms with Gasteiger partial charge >= 0.3 is 0 Å². The Balaban J connectivity index is 2.29. The van der Waals surface area contributed by atoms with Crippen LogP contribution in [0.5, 0.6) is 0 Å². The molecule has 0 aliphatic heterocycles. The molecule has 0 spiro atoms. The van der Waals surface area contributed by atoms with Gasteiger partial charge in [-0.25, -0.2) is 13.1 Å². The van der Waals surface area contributed by atoms with Gasteiger partial charge in [0.25, 0.3) is 0 Å². The van der Waals surface area contributed by atoms with Crippen LogP contribution in [0.2, 0.25) is 0 Å². The van der Waals surface area contributed by atoms with Crippen molar-refractivity contribution < 1.29 is 8.42 Å². The van der Waals surface area contributed by atoms with Crippen LogP contribution in [0.25, 0.3) is 5.69 Å². The van der Waals surface area contributed by atoms with E-state index in [0.29, 0.717) is 5.69 Å². The molecule has 0 saturated heterocycles. The molecule has 0 aliphatic rings. The lowest BCUT2D eigenvalue weighted by Crippen LogP contribution is -2.22. The molecule has 0 unspecified atom stereocenters. The van der Waals surface area contributed by atoms with E-state index in [0.717, 1.165) is 5.69 Å². The molecule has 2 rings (SSSR count). The van der Waals surface area contributed by atoms with Crippen LogP contribution in [-0.2, 0) is 10.0 Å². The quantitative estimate of drug-likeness (QED) is 0.920. The summed E-state index contributed by atoms with van der Waals surface area (Å²) >= 11 is 0. The van der Waals surface area contributed by atoms with Gasteiger partial charge in [-0.2, -0.15) is 5.10 Å². The van der Waals surface area contributed by atoms with E-state index in [-0.39, 0.29) is 0 Å². The van der Waals surface area contributed by atoms with E-state index < -0.39 is 15.3 Å². The van der Waals surface area contributed by atoms with E-state index in [2.05, 4.69) is 9.82 Å². The second kappa shape index (κ2) is 4.81. The second-order valence-electron chi connectivity index (χ2n) is 4.20. The van der Waals surface area contributed by atoms with Crippen molar-refractivity contribution in [3.05, 3.63) is 42.7 Å². The van der Waals surface area contributed by atoms with E-state index in [9.17, 15) is 8.42 Å². The largest absolute Gasteiger partial charge is 0.283 e. The van der Waals surface area contributed by atoms with Crippen LogP contribution in [-0.4, -0.2) is 23.4 Å². The van der Waals surface area contributed by atoms with E-state index >= 15 is 0 Å². The SMILES string of the molecule is CC(C)S(=O)(=O)Nc1cccc(-n2cccn2)c1. The average Bonchev–Trinajstić information content (AvgIpc) is 2.82. The summed E-state index contributed by atoms with van der Waals surface area (Å²) in [7, 11) is -3.32. The van der Waals surface area contributed by atoms with Crippen LogP contribution in [0.1, 0.15) is 13.8 Å². The molecule has 18 heavy (non-hydrogen) atoms. The predicted molar refractivity (Wildman–Crippen MR) is 71.2 cm³/mol. The molecular weight excluding hydrogens is 250 g/mol. The van der Waals surface area contributed by atoms with Crippen LogP contribution in [0.4, 0.5) is 5.69 Å². The van der Waals surface area contributed by atoms with E-state index in [1.54, 1.807) is 49.1 Å². The van der Waals surface area contributed by atoms with Crippen molar-refractivity contribution in [2.24, 2.45) is 0 Å². The Labute approximate surface area is 107 Å². The second-order valence-corrected chi connectivity index (χ2v) is 6.43. The summed E-state index contributed by atoms with van der Waals surface area (Å²) in [6, 6.07) is 8.92. The van der Waals surface area contributed by atoms with Crippen LogP contribution in [0.3, 0.4) is 0 Å². The normalized spacial score (nSPS) is 11.7. The van der Waals surface area contributed by atoms with Crippen molar-refractivity contribution in [3.63, 3.8) is 0 Å². The Hall–Kier alpha value is -1.82. The van der Waals surface area contributed by atoms with Gasteiger partial charge in [-0.15, -0.1) is 0 Å². The van der Waals surface area contributed by atoms with E-state index in [1.165, 1.54) is 0 Å². The molecule has 0 radical (unpaired) electrons. The van der Waals surface area contributed by atoms with Gasteiger partial charge in [0, 0.05) is 12.4 Å². The van der Waals surface area contributed by atoms with Crippen LogP contribution >= 0.6 is 0 Å². The molecule has 0 amide bonds. The monoisotopic (exact) mass is 265 g/mol. The fourth-order valence-corrected chi connectivity index (χ4v) is 2.11. The third-order valence-corrected chi connectivity index (χ3v) is 4.26. The van der Waals surface area contributed by atoms with Gasteiger partial charge in [-0.05, 0) is 38.1 Å². The first kappa shape index (κ1) is 12.6. The smallest absolute Gasteiger partial charge is 0.235 e. The minimum absolute atomic E-state index is 0.467. The van der Waals surface area contributed by atoms with Crippen LogP contribution in [0.15, 0.2) is 42.7 Å². The molecular formula is C12H15N3O2S. The predicted octanol–water partition coefficient (Wildman–Crippen LogP) is 2.02. The maximum atomic E-state index is 11.8. The minimum atomic E-state index is -3.32. The summed E-state index contributed by atoms with van der Waals surface area (Å²) in [5.74, 6) is 0. The van der Waals surface area contributed by atoms with Crippen molar-refractivity contribution in [2.75, 3.05) is 4.72 Å². The van der Waals surface area contributed by atoms with E-state index in [4.69, 9.17) is 0 Å². The molecule has 0 aliphatic carbocycles. The van der Waals surface area contributed by atoms with Gasteiger partial charge in [0.05, 0.1) is 16.6 Å². The lowest BCUT2D eigenvalue weighted by molar-refractivity contribution is 0.593. The number of hydrogen-bond donors (Lipinski definition) is 1. The number of anilines is 1. The molecule has 96 valence electrons. The summed E-state index contributed by atoms with van der Waals surface area (Å²) in [5.41, 5.74) is 1.35. The molecule has 0 bridgehead atoms. The zero-order valence-electron chi connectivity index (χ0n) is 10.2. The van der Waals surface area contributed by atoms with Crippen molar-refractivity contribution >= 4 is 15.7 Å². The molecule has 1 N–H and O–H groups in total. The third-order valence-electron chi connectivity index (χ3n) is 2.50. The van der Waals surface area contributed by atoms with Crippen LogP contribution < -0.4 is 4.72 Å². The Bertz CT molecular complexity index is 619. The highest BCUT2D eigenvalue weighted by Gasteiger charge is 2.15. The first-order chi connectivity index (χ1) is 8.49. The Morgan fingerprint density at radius 1 is 1.28 bits per heavy atom. The summed E-state index contributed by atoms with van der Waals surface area (Å²) in [6.07, 6.45) is 3.47. The fraction of sp³-hybridized carbons (Fsp3) is 0.250. The topological polar surface area (TPSA) is 64.0 Å². The van der Waals surface area contributed by atoms with Gasteiger partial charge in [-0.3, -0.25) is 4.72 Å². The highest BCUT2D eigenvalue weighted by atomic mass is 32.2. The summed E-state index contributed by atoms with van der Waals surface area (Å²) < 4.78 is 27.8. The maximum absolute atomic E-state index is 11.8. The lowest BCUT2D eigenvalue weighted by atomic mass is 10.3. The van der Waals surface area contributed by atoms with Crippen LogP contribution in [0, 0.1) is 0 Å². The number of nitrogens with zero attached hydrogens (tertiary/aromatic N) is 2. The Morgan fingerprint density at radius 3 is 2.67 bits per heavy atom. The summed E-state index contributed by atoms with van der Waals surface area (Å²) in [4.78, 5) is 0. The Morgan fingerprint density at radius 2 is 2.06 bits per heavy atom. The van der Waals surface area contributed by atoms with Gasteiger partial charge in [0.15, 0.2) is 0 Å². The molecule has 2 aromatic rings. The van der Waals surface area contributed by atoms with Gasteiger partial charge in [0.1, 0.15) is 0 Å².